The molecule has 1 atom stereocenters. The molecule has 1 rings (SSSR count). The van der Waals surface area contributed by atoms with Gasteiger partial charge in [0.2, 0.25) is 15.8 Å². The molecule has 112 valence electrons. The lowest BCUT2D eigenvalue weighted by atomic mass is 10.3. The van der Waals surface area contributed by atoms with E-state index in [1.807, 2.05) is 6.92 Å². The molecule has 1 aromatic carbocycles. The van der Waals surface area contributed by atoms with Crippen LogP contribution >= 0.6 is 0 Å². The number of para-hydroxylation sites is 1. The molecule has 20 heavy (non-hydrogen) atoms. The van der Waals surface area contributed by atoms with Gasteiger partial charge in [0, 0.05) is 12.6 Å². The van der Waals surface area contributed by atoms with Crippen molar-refractivity contribution in [2.45, 2.75) is 38.1 Å². The van der Waals surface area contributed by atoms with Crippen molar-refractivity contribution in [2.75, 3.05) is 6.54 Å². The Labute approximate surface area is 117 Å². The molecule has 0 aliphatic carbocycles. The third-order valence-electron chi connectivity index (χ3n) is 3.11. The van der Waals surface area contributed by atoms with Gasteiger partial charge >= 0.3 is 5.69 Å². The van der Waals surface area contributed by atoms with Crippen LogP contribution < -0.4 is 0 Å². The predicted octanol–water partition coefficient (Wildman–Crippen LogP) is 2.54. The van der Waals surface area contributed by atoms with Gasteiger partial charge in [0.15, 0.2) is 4.90 Å². The summed E-state index contributed by atoms with van der Waals surface area (Å²) >= 11 is 0. The van der Waals surface area contributed by atoms with Gasteiger partial charge in [-0.25, -0.2) is 8.42 Å². The number of benzene rings is 1. The van der Waals surface area contributed by atoms with Crippen LogP contribution in [0.1, 0.15) is 27.2 Å². The highest BCUT2D eigenvalue weighted by atomic mass is 32.2. The highest BCUT2D eigenvalue weighted by molar-refractivity contribution is 7.89. The number of sulfonamides is 1. The Kier molecular flexibility index (Phi) is 5.18. The lowest BCUT2D eigenvalue weighted by molar-refractivity contribution is -0.390. The summed E-state index contributed by atoms with van der Waals surface area (Å²) in [6.07, 6.45) is 0.552. The van der Waals surface area contributed by atoms with Gasteiger partial charge in [-0.2, -0.15) is 8.70 Å². The smallest absolute Gasteiger partial charge is 0.258 e. The van der Waals surface area contributed by atoms with Crippen molar-refractivity contribution in [3.8, 4) is 0 Å². The fraction of sp³-hybridized carbons (Fsp3) is 0.500. The van der Waals surface area contributed by atoms with Crippen molar-refractivity contribution in [1.82, 2.24) is 4.31 Å². The van der Waals surface area contributed by atoms with Crippen molar-refractivity contribution >= 4 is 15.7 Å². The molecule has 8 heteroatoms. The Morgan fingerprint density at radius 1 is 1.40 bits per heavy atom. The summed E-state index contributed by atoms with van der Waals surface area (Å²) in [5, 5.41) is 10.9. The first-order valence-electron chi connectivity index (χ1n) is 6.22. The quantitative estimate of drug-likeness (QED) is 0.597. The summed E-state index contributed by atoms with van der Waals surface area (Å²) in [5.74, 6) is -1.16. The average Bonchev–Trinajstić information content (AvgIpc) is 2.38. The number of hydrogen-bond acceptors (Lipinski definition) is 4. The second kappa shape index (κ2) is 6.27. The van der Waals surface area contributed by atoms with Crippen LogP contribution in [0.15, 0.2) is 23.1 Å². The van der Waals surface area contributed by atoms with Crippen molar-refractivity contribution in [1.29, 1.82) is 0 Å². The van der Waals surface area contributed by atoms with Gasteiger partial charge < -0.3 is 0 Å². The molecule has 0 N–H and O–H groups in total. The van der Waals surface area contributed by atoms with Gasteiger partial charge in [-0.1, -0.05) is 19.9 Å². The van der Waals surface area contributed by atoms with E-state index in [1.165, 1.54) is 0 Å². The van der Waals surface area contributed by atoms with Crippen LogP contribution in [0.25, 0.3) is 0 Å². The summed E-state index contributed by atoms with van der Waals surface area (Å²) in [5.41, 5.74) is -1.01. The molecule has 0 spiro atoms. The zero-order valence-corrected chi connectivity index (χ0v) is 12.4. The summed E-state index contributed by atoms with van der Waals surface area (Å²) in [6.45, 7) is 5.30. The maximum absolute atomic E-state index is 13.6. The van der Waals surface area contributed by atoms with Crippen molar-refractivity contribution < 1.29 is 17.7 Å². The standard InChI is InChI=1S/C12H17FN2O4S/c1-4-9(3)14(5-2)20(18,19)11-8-6-7-10(13)12(11)15(16)17/h6-9H,4-5H2,1-3H3. The van der Waals surface area contributed by atoms with Crippen LogP contribution in [-0.4, -0.2) is 30.2 Å². The molecule has 0 aromatic heterocycles. The predicted molar refractivity (Wildman–Crippen MR) is 72.4 cm³/mol. The van der Waals surface area contributed by atoms with Crippen molar-refractivity contribution in [2.24, 2.45) is 0 Å². The third kappa shape index (κ3) is 2.96. The van der Waals surface area contributed by atoms with Gasteiger partial charge in [-0.15, -0.1) is 0 Å². The lowest BCUT2D eigenvalue weighted by Gasteiger charge is -2.26. The molecule has 0 saturated carbocycles. The van der Waals surface area contributed by atoms with E-state index >= 15 is 0 Å². The van der Waals surface area contributed by atoms with Crippen LogP contribution in [0, 0.1) is 15.9 Å². The van der Waals surface area contributed by atoms with Gasteiger partial charge in [0.25, 0.3) is 0 Å². The largest absolute Gasteiger partial charge is 0.324 e. The molecule has 0 aliphatic heterocycles. The summed E-state index contributed by atoms with van der Waals surface area (Å²) < 4.78 is 39.7. The molecule has 0 fully saturated rings. The van der Waals surface area contributed by atoms with Crippen molar-refractivity contribution in [3.63, 3.8) is 0 Å². The summed E-state index contributed by atoms with van der Waals surface area (Å²) in [6, 6.07) is 2.76. The van der Waals surface area contributed by atoms with Crippen LogP contribution in [0.2, 0.25) is 0 Å². The number of rotatable bonds is 6. The summed E-state index contributed by atoms with van der Waals surface area (Å²) in [4.78, 5) is 9.31. The van der Waals surface area contributed by atoms with Gasteiger partial charge in [-0.3, -0.25) is 10.1 Å². The normalized spacial score (nSPS) is 13.4. The van der Waals surface area contributed by atoms with E-state index in [-0.39, 0.29) is 12.6 Å². The first-order valence-corrected chi connectivity index (χ1v) is 7.66. The Morgan fingerprint density at radius 3 is 2.45 bits per heavy atom. The Morgan fingerprint density at radius 2 is 2.00 bits per heavy atom. The molecular formula is C12H17FN2O4S. The van der Waals surface area contributed by atoms with E-state index in [2.05, 4.69) is 0 Å². The number of nitrogens with zero attached hydrogens (tertiary/aromatic N) is 2. The zero-order valence-electron chi connectivity index (χ0n) is 11.5. The van der Waals surface area contributed by atoms with E-state index in [1.54, 1.807) is 13.8 Å². The molecule has 0 aliphatic rings. The maximum Gasteiger partial charge on any atom is 0.324 e. The topological polar surface area (TPSA) is 80.5 Å². The maximum atomic E-state index is 13.6. The molecule has 0 bridgehead atoms. The van der Waals surface area contributed by atoms with Crippen LogP contribution in [0.3, 0.4) is 0 Å². The number of hydrogen-bond donors (Lipinski definition) is 0. The minimum Gasteiger partial charge on any atom is -0.258 e. The zero-order chi connectivity index (χ0) is 15.5. The minimum atomic E-state index is -4.11. The SMILES string of the molecule is CCC(C)N(CC)S(=O)(=O)c1cccc(F)c1[N+](=O)[O-]. The molecule has 6 nitrogen and oxygen atoms in total. The number of nitro benzene ring substituents is 1. The molecular weight excluding hydrogens is 287 g/mol. The molecule has 0 heterocycles. The first kappa shape index (κ1) is 16.5. The van der Waals surface area contributed by atoms with E-state index in [4.69, 9.17) is 0 Å². The van der Waals surface area contributed by atoms with E-state index < -0.39 is 31.3 Å². The highest BCUT2D eigenvalue weighted by Crippen LogP contribution is 2.30. The van der Waals surface area contributed by atoms with Gasteiger partial charge in [0.1, 0.15) is 0 Å². The van der Waals surface area contributed by atoms with Crippen molar-refractivity contribution in [3.05, 3.63) is 34.1 Å². The monoisotopic (exact) mass is 304 g/mol. The van der Waals surface area contributed by atoms with Crippen LogP contribution in [0.4, 0.5) is 10.1 Å². The van der Waals surface area contributed by atoms with Gasteiger partial charge in [0.05, 0.1) is 4.92 Å². The third-order valence-corrected chi connectivity index (χ3v) is 5.23. The van der Waals surface area contributed by atoms with E-state index in [9.17, 15) is 22.9 Å². The highest BCUT2D eigenvalue weighted by Gasteiger charge is 2.35. The number of nitro groups is 1. The minimum absolute atomic E-state index is 0.158. The Balaban J connectivity index is 3.50. The fourth-order valence-corrected chi connectivity index (χ4v) is 3.81. The lowest BCUT2D eigenvalue weighted by Crippen LogP contribution is -2.38. The molecule has 0 amide bonds. The van der Waals surface area contributed by atoms with Crippen LogP contribution in [-0.2, 0) is 10.0 Å². The Bertz CT molecular complexity index is 603. The Hall–Kier alpha value is -1.54. The summed E-state index contributed by atoms with van der Waals surface area (Å²) in [7, 11) is -4.11. The van der Waals surface area contributed by atoms with Crippen LogP contribution in [0.5, 0.6) is 0 Å². The van der Waals surface area contributed by atoms with E-state index in [0.717, 1.165) is 22.5 Å². The molecule has 1 unspecified atom stereocenters. The van der Waals surface area contributed by atoms with Gasteiger partial charge in [-0.05, 0) is 25.5 Å². The molecule has 1 aromatic rings. The second-order valence-corrected chi connectivity index (χ2v) is 6.17. The first-order chi connectivity index (χ1) is 9.27. The number of halogens is 1. The average molecular weight is 304 g/mol. The molecule has 0 radical (unpaired) electrons. The molecule has 0 saturated heterocycles. The second-order valence-electron chi connectivity index (χ2n) is 4.31. The fourth-order valence-electron chi connectivity index (χ4n) is 1.93. The van der Waals surface area contributed by atoms with E-state index in [0.29, 0.717) is 6.42 Å².